The van der Waals surface area contributed by atoms with Crippen LogP contribution in [0.25, 0.3) is 11.1 Å². The average molecular weight is 268 g/mol. The zero-order chi connectivity index (χ0) is 14.8. The molecular formula is C18H24N2. The molecule has 1 heterocycles. The molecule has 0 fully saturated rings. The van der Waals surface area contributed by atoms with E-state index < -0.39 is 0 Å². The van der Waals surface area contributed by atoms with Crippen LogP contribution in [0.4, 0.5) is 0 Å². The van der Waals surface area contributed by atoms with Crippen molar-refractivity contribution in [2.24, 2.45) is 0 Å². The molecule has 0 radical (unpaired) electrons. The first kappa shape index (κ1) is 14.7. The van der Waals surface area contributed by atoms with Gasteiger partial charge in [-0.25, -0.2) is 0 Å². The van der Waals surface area contributed by atoms with Gasteiger partial charge >= 0.3 is 0 Å². The van der Waals surface area contributed by atoms with Crippen LogP contribution in [0.2, 0.25) is 0 Å². The van der Waals surface area contributed by atoms with Gasteiger partial charge in [0.15, 0.2) is 0 Å². The van der Waals surface area contributed by atoms with Gasteiger partial charge in [0.2, 0.25) is 0 Å². The molecule has 1 aromatic heterocycles. The Kier molecular flexibility index (Phi) is 4.24. The molecule has 2 heteroatoms. The predicted molar refractivity (Wildman–Crippen MR) is 85.8 cm³/mol. The molecule has 1 aromatic carbocycles. The largest absolute Gasteiger partial charge is 0.305 e. The van der Waals surface area contributed by atoms with Gasteiger partial charge in [-0.2, -0.15) is 0 Å². The molecule has 0 bridgehead atoms. The van der Waals surface area contributed by atoms with Gasteiger partial charge in [0.1, 0.15) is 0 Å². The molecule has 106 valence electrons. The van der Waals surface area contributed by atoms with E-state index in [2.05, 4.69) is 81.1 Å². The van der Waals surface area contributed by atoms with E-state index in [-0.39, 0.29) is 5.41 Å². The number of nitrogens with zero attached hydrogens (tertiary/aromatic N) is 2. The highest BCUT2D eigenvalue weighted by atomic mass is 15.0. The normalized spacial score (nSPS) is 11.9. The highest BCUT2D eigenvalue weighted by Crippen LogP contribution is 2.26. The summed E-state index contributed by atoms with van der Waals surface area (Å²) in [4.78, 5) is 6.82. The number of pyridine rings is 1. The molecule has 0 atom stereocenters. The van der Waals surface area contributed by atoms with Gasteiger partial charge in [-0.05, 0) is 31.3 Å². The quantitative estimate of drug-likeness (QED) is 0.833. The Bertz CT molecular complexity index is 563. The lowest BCUT2D eigenvalue weighted by molar-refractivity contribution is 0.403. The fraction of sp³-hybridized carbons (Fsp3) is 0.389. The Hall–Kier alpha value is -1.67. The average Bonchev–Trinajstić information content (AvgIpc) is 2.38. The van der Waals surface area contributed by atoms with Gasteiger partial charge in [-0.3, -0.25) is 4.98 Å². The molecule has 2 aromatic rings. The third kappa shape index (κ3) is 3.45. The van der Waals surface area contributed by atoms with Crippen molar-refractivity contribution < 1.29 is 0 Å². The van der Waals surface area contributed by atoms with Crippen LogP contribution in [-0.2, 0) is 12.0 Å². The van der Waals surface area contributed by atoms with Crippen LogP contribution >= 0.6 is 0 Å². The van der Waals surface area contributed by atoms with E-state index in [9.17, 15) is 0 Å². The molecule has 0 aliphatic heterocycles. The van der Waals surface area contributed by atoms with Crippen LogP contribution in [0.3, 0.4) is 0 Å². The van der Waals surface area contributed by atoms with E-state index in [1.165, 1.54) is 16.7 Å². The maximum Gasteiger partial charge on any atom is 0.0457 e. The Labute approximate surface area is 122 Å². The molecule has 2 nitrogen and oxygen atoms in total. The summed E-state index contributed by atoms with van der Waals surface area (Å²) in [5, 5.41) is 0. The topological polar surface area (TPSA) is 16.1 Å². The zero-order valence-corrected chi connectivity index (χ0v) is 13.1. The Morgan fingerprint density at radius 1 is 1.00 bits per heavy atom. The molecule has 0 spiro atoms. The summed E-state index contributed by atoms with van der Waals surface area (Å²) in [7, 11) is 4.19. The summed E-state index contributed by atoms with van der Waals surface area (Å²) in [6.07, 6.45) is 2.00. The molecule has 0 aliphatic rings. The zero-order valence-electron chi connectivity index (χ0n) is 13.1. The van der Waals surface area contributed by atoms with E-state index in [1.807, 2.05) is 6.20 Å². The lowest BCUT2D eigenvalue weighted by atomic mass is 9.91. The molecule has 0 saturated carbocycles. The minimum Gasteiger partial charge on any atom is -0.305 e. The van der Waals surface area contributed by atoms with Crippen molar-refractivity contribution in [1.82, 2.24) is 9.88 Å². The maximum atomic E-state index is 4.63. The third-order valence-electron chi connectivity index (χ3n) is 3.35. The predicted octanol–water partition coefficient (Wildman–Crippen LogP) is 4.11. The van der Waals surface area contributed by atoms with Crippen molar-refractivity contribution >= 4 is 0 Å². The van der Waals surface area contributed by atoms with Crippen LogP contribution in [0.1, 0.15) is 32.0 Å². The third-order valence-corrected chi connectivity index (χ3v) is 3.35. The number of rotatable bonds is 3. The monoisotopic (exact) mass is 268 g/mol. The maximum absolute atomic E-state index is 4.63. The van der Waals surface area contributed by atoms with E-state index in [4.69, 9.17) is 0 Å². The molecule has 0 saturated heterocycles. The molecule has 2 rings (SSSR count). The Morgan fingerprint density at radius 2 is 1.70 bits per heavy atom. The van der Waals surface area contributed by atoms with Crippen molar-refractivity contribution in [3.63, 3.8) is 0 Å². The van der Waals surface area contributed by atoms with Gasteiger partial charge in [0.25, 0.3) is 0 Å². The number of hydrogen-bond acceptors (Lipinski definition) is 2. The lowest BCUT2D eigenvalue weighted by Gasteiger charge is -2.18. The van der Waals surface area contributed by atoms with E-state index >= 15 is 0 Å². The first-order chi connectivity index (χ1) is 9.38. The second-order valence-electron chi connectivity index (χ2n) is 6.58. The summed E-state index contributed by atoms with van der Waals surface area (Å²) in [5.74, 6) is 0. The molecule has 0 N–H and O–H groups in total. The number of benzene rings is 1. The van der Waals surface area contributed by atoms with E-state index in [0.717, 1.165) is 12.2 Å². The van der Waals surface area contributed by atoms with E-state index in [0.29, 0.717) is 0 Å². The van der Waals surface area contributed by atoms with Crippen LogP contribution in [0, 0.1) is 0 Å². The smallest absolute Gasteiger partial charge is 0.0457 e. The van der Waals surface area contributed by atoms with Crippen LogP contribution in [0.15, 0.2) is 42.6 Å². The molecule has 0 unspecified atom stereocenters. The summed E-state index contributed by atoms with van der Waals surface area (Å²) >= 11 is 0. The molecule has 0 aliphatic carbocycles. The first-order valence-corrected chi connectivity index (χ1v) is 7.07. The van der Waals surface area contributed by atoms with Crippen LogP contribution in [-0.4, -0.2) is 24.0 Å². The highest BCUT2D eigenvalue weighted by molar-refractivity contribution is 5.66. The molecular weight excluding hydrogens is 244 g/mol. The summed E-state index contributed by atoms with van der Waals surface area (Å²) in [6, 6.07) is 12.9. The van der Waals surface area contributed by atoms with Crippen molar-refractivity contribution in [2.45, 2.75) is 32.7 Å². The first-order valence-electron chi connectivity index (χ1n) is 7.07. The SMILES string of the molecule is CN(C)Cc1ccccc1-c1ccc(C(C)(C)C)nc1. The van der Waals surface area contributed by atoms with Crippen LogP contribution < -0.4 is 0 Å². The van der Waals surface area contributed by atoms with Gasteiger partial charge in [0.05, 0.1) is 0 Å². The van der Waals surface area contributed by atoms with Gasteiger partial charge in [-0.15, -0.1) is 0 Å². The summed E-state index contributed by atoms with van der Waals surface area (Å²) in [6.45, 7) is 7.51. The minimum absolute atomic E-state index is 0.0989. The lowest BCUT2D eigenvalue weighted by Crippen LogP contribution is -2.13. The fourth-order valence-electron chi connectivity index (χ4n) is 2.28. The Balaban J connectivity index is 2.37. The highest BCUT2D eigenvalue weighted by Gasteiger charge is 2.15. The standard InChI is InChI=1S/C18H24N2/c1-18(2,3)17-11-10-14(12-19-17)16-9-7-6-8-15(16)13-20(4)5/h6-12H,13H2,1-5H3. The van der Waals surface area contributed by atoms with Crippen molar-refractivity contribution in [3.8, 4) is 11.1 Å². The molecule has 20 heavy (non-hydrogen) atoms. The fourth-order valence-corrected chi connectivity index (χ4v) is 2.28. The number of hydrogen-bond donors (Lipinski definition) is 0. The van der Waals surface area contributed by atoms with Gasteiger partial charge in [0, 0.05) is 29.4 Å². The van der Waals surface area contributed by atoms with Crippen LogP contribution in [0.5, 0.6) is 0 Å². The van der Waals surface area contributed by atoms with Gasteiger partial charge < -0.3 is 4.90 Å². The van der Waals surface area contributed by atoms with Crippen molar-refractivity contribution in [3.05, 3.63) is 53.9 Å². The number of aromatic nitrogens is 1. The Morgan fingerprint density at radius 3 is 2.25 bits per heavy atom. The minimum atomic E-state index is 0.0989. The van der Waals surface area contributed by atoms with Gasteiger partial charge in [-0.1, -0.05) is 51.1 Å². The van der Waals surface area contributed by atoms with Crippen molar-refractivity contribution in [2.75, 3.05) is 14.1 Å². The second-order valence-corrected chi connectivity index (χ2v) is 6.58. The van der Waals surface area contributed by atoms with E-state index in [1.54, 1.807) is 0 Å². The molecule has 0 amide bonds. The van der Waals surface area contributed by atoms with Crippen molar-refractivity contribution in [1.29, 1.82) is 0 Å². The second kappa shape index (κ2) is 5.76. The summed E-state index contributed by atoms with van der Waals surface area (Å²) in [5.41, 5.74) is 5.03. The summed E-state index contributed by atoms with van der Waals surface area (Å²) < 4.78 is 0.